The van der Waals surface area contributed by atoms with E-state index in [1.807, 2.05) is 20.8 Å². The summed E-state index contributed by atoms with van der Waals surface area (Å²) in [4.78, 5) is 35.1. The lowest BCUT2D eigenvalue weighted by Gasteiger charge is -2.29. The number of nitrogens with zero attached hydrogens (tertiary/aromatic N) is 4. The number of carbonyl (C=O) groups excluding carboxylic acids is 2. The number of aromatic nitrogens is 3. The lowest BCUT2D eigenvalue weighted by atomic mass is 10.1. The number of halogens is 2. The largest absolute Gasteiger partial charge is 0.444 e. The van der Waals surface area contributed by atoms with Gasteiger partial charge < -0.3 is 19.5 Å². The van der Waals surface area contributed by atoms with Crippen molar-refractivity contribution in [1.82, 2.24) is 19.4 Å². The zero-order valence-electron chi connectivity index (χ0n) is 16.0. The number of carbonyl (C=O) groups is 2. The third-order valence-electron chi connectivity index (χ3n) is 4.21. The summed E-state index contributed by atoms with van der Waals surface area (Å²) in [6, 6.07) is 1.61. The highest BCUT2D eigenvalue weighted by atomic mass is 79.9. The van der Waals surface area contributed by atoms with Crippen LogP contribution in [0.5, 0.6) is 0 Å². The summed E-state index contributed by atoms with van der Waals surface area (Å²) in [6.45, 7) is 6.28. The molecule has 2 amide bonds. The molecule has 0 spiro atoms. The Morgan fingerprint density at radius 2 is 2.07 bits per heavy atom. The van der Waals surface area contributed by atoms with E-state index < -0.39 is 5.60 Å². The predicted octanol–water partition coefficient (Wildman–Crippen LogP) is 3.78. The molecule has 0 atom stereocenters. The Morgan fingerprint density at radius 1 is 1.36 bits per heavy atom. The van der Waals surface area contributed by atoms with E-state index in [4.69, 9.17) is 16.3 Å². The summed E-state index contributed by atoms with van der Waals surface area (Å²) in [5, 5.41) is 3.06. The second-order valence-electron chi connectivity index (χ2n) is 7.46. The smallest absolute Gasteiger partial charge is 0.410 e. The van der Waals surface area contributed by atoms with Gasteiger partial charge in [0.25, 0.3) is 5.91 Å². The van der Waals surface area contributed by atoms with Crippen molar-refractivity contribution in [2.75, 3.05) is 11.9 Å². The number of hydrogen-bond acceptors (Lipinski definition) is 5. The van der Waals surface area contributed by atoms with E-state index in [-0.39, 0.29) is 17.8 Å². The highest BCUT2D eigenvalue weighted by molar-refractivity contribution is 9.10. The van der Waals surface area contributed by atoms with Gasteiger partial charge in [-0.3, -0.25) is 4.79 Å². The zero-order chi connectivity index (χ0) is 20.6. The topological polar surface area (TPSA) is 89.4 Å². The molecule has 150 valence electrons. The first-order valence-corrected chi connectivity index (χ1v) is 9.87. The third-order valence-corrected chi connectivity index (χ3v) is 5.42. The summed E-state index contributed by atoms with van der Waals surface area (Å²) < 4.78 is 7.62. The molecule has 0 saturated carbocycles. The van der Waals surface area contributed by atoms with Crippen LogP contribution in [0, 0.1) is 0 Å². The second kappa shape index (κ2) is 7.71. The van der Waals surface area contributed by atoms with Crippen molar-refractivity contribution in [3.05, 3.63) is 39.1 Å². The molecular formula is C18H21BrClN5O3. The van der Waals surface area contributed by atoms with Crippen LogP contribution in [0.2, 0.25) is 5.02 Å². The lowest BCUT2D eigenvalue weighted by Crippen LogP contribution is -2.40. The first-order valence-electron chi connectivity index (χ1n) is 8.70. The summed E-state index contributed by atoms with van der Waals surface area (Å²) in [6.07, 6.45) is 1.74. The van der Waals surface area contributed by atoms with Crippen molar-refractivity contribution in [3.8, 4) is 0 Å². The lowest BCUT2D eigenvalue weighted by molar-refractivity contribution is 0.0220. The Labute approximate surface area is 176 Å². The SMILES string of the molecule is Cn1c(C(=O)Nc2ccnc(Br)c2Cl)nc2c1CCN(C(=O)OC(C)(C)C)C2. The molecule has 0 bridgehead atoms. The van der Waals surface area contributed by atoms with Gasteiger partial charge in [-0.05, 0) is 42.8 Å². The second-order valence-corrected chi connectivity index (χ2v) is 8.59. The zero-order valence-corrected chi connectivity index (χ0v) is 18.4. The minimum absolute atomic E-state index is 0.250. The summed E-state index contributed by atoms with van der Waals surface area (Å²) in [5.74, 6) is -0.138. The highest BCUT2D eigenvalue weighted by Crippen LogP contribution is 2.28. The number of fused-ring (bicyclic) bond motifs is 1. The van der Waals surface area contributed by atoms with Crippen molar-refractivity contribution >= 4 is 45.2 Å². The fraction of sp³-hybridized carbons (Fsp3) is 0.444. The molecule has 3 rings (SSSR count). The van der Waals surface area contributed by atoms with Gasteiger partial charge in [0.05, 0.1) is 22.9 Å². The molecule has 10 heteroatoms. The van der Waals surface area contributed by atoms with Gasteiger partial charge in [-0.25, -0.2) is 14.8 Å². The van der Waals surface area contributed by atoms with Crippen molar-refractivity contribution in [2.45, 2.75) is 39.3 Å². The van der Waals surface area contributed by atoms with Gasteiger partial charge in [-0.2, -0.15) is 0 Å². The molecule has 0 aliphatic carbocycles. The molecule has 1 aliphatic heterocycles. The van der Waals surface area contributed by atoms with Crippen LogP contribution in [0.15, 0.2) is 16.9 Å². The van der Waals surface area contributed by atoms with Crippen LogP contribution >= 0.6 is 27.5 Å². The standard InChI is InChI=1S/C18H21BrClN5O3/c1-18(2,3)28-17(27)25-8-6-12-11(9-25)22-15(24(12)4)16(26)23-10-5-7-21-14(19)13(10)20/h5,7H,6,8-9H2,1-4H3,(H,21,23,26). The fourth-order valence-electron chi connectivity index (χ4n) is 2.91. The van der Waals surface area contributed by atoms with Crippen molar-refractivity contribution in [3.63, 3.8) is 0 Å². The predicted molar refractivity (Wildman–Crippen MR) is 108 cm³/mol. The average molecular weight is 471 g/mol. The van der Waals surface area contributed by atoms with E-state index in [1.165, 1.54) is 6.20 Å². The molecule has 8 nitrogen and oxygen atoms in total. The van der Waals surface area contributed by atoms with Crippen LogP contribution in [-0.4, -0.2) is 43.6 Å². The van der Waals surface area contributed by atoms with Crippen LogP contribution in [0.3, 0.4) is 0 Å². The molecule has 1 N–H and O–H groups in total. The molecule has 28 heavy (non-hydrogen) atoms. The molecule has 0 radical (unpaired) electrons. The highest BCUT2D eigenvalue weighted by Gasteiger charge is 2.30. The Balaban J connectivity index is 1.78. The van der Waals surface area contributed by atoms with Crippen LogP contribution < -0.4 is 5.32 Å². The van der Waals surface area contributed by atoms with Crippen molar-refractivity contribution in [2.24, 2.45) is 7.05 Å². The maximum absolute atomic E-state index is 12.7. The maximum atomic E-state index is 12.7. The van der Waals surface area contributed by atoms with Gasteiger partial charge in [0.15, 0.2) is 5.82 Å². The number of anilines is 1. The molecule has 3 heterocycles. The van der Waals surface area contributed by atoms with Gasteiger partial charge >= 0.3 is 6.09 Å². The first-order chi connectivity index (χ1) is 13.1. The average Bonchev–Trinajstić information content (AvgIpc) is 2.94. The molecule has 0 aromatic carbocycles. The molecule has 0 unspecified atom stereocenters. The van der Waals surface area contributed by atoms with Gasteiger partial charge in [-0.15, -0.1) is 0 Å². The first kappa shape index (κ1) is 20.6. The van der Waals surface area contributed by atoms with Crippen LogP contribution in [0.4, 0.5) is 10.5 Å². The molecule has 0 saturated heterocycles. The van der Waals surface area contributed by atoms with E-state index in [1.54, 1.807) is 22.6 Å². The van der Waals surface area contributed by atoms with Crippen molar-refractivity contribution in [1.29, 1.82) is 0 Å². The molecule has 2 aromatic rings. The number of nitrogens with one attached hydrogen (secondary N) is 1. The van der Waals surface area contributed by atoms with E-state index in [0.717, 1.165) is 5.69 Å². The van der Waals surface area contributed by atoms with Gasteiger partial charge in [0.1, 0.15) is 10.2 Å². The van der Waals surface area contributed by atoms with E-state index in [9.17, 15) is 9.59 Å². The van der Waals surface area contributed by atoms with Gasteiger partial charge in [0.2, 0.25) is 0 Å². The minimum Gasteiger partial charge on any atom is -0.444 e. The molecular weight excluding hydrogens is 450 g/mol. The van der Waals surface area contributed by atoms with E-state index in [0.29, 0.717) is 40.5 Å². The number of ether oxygens (including phenoxy) is 1. The molecule has 0 fully saturated rings. The van der Waals surface area contributed by atoms with Gasteiger partial charge in [0, 0.05) is 31.9 Å². The normalized spacial score (nSPS) is 13.9. The Bertz CT molecular complexity index is 938. The monoisotopic (exact) mass is 469 g/mol. The fourth-order valence-corrected chi connectivity index (χ4v) is 3.40. The number of amides is 2. The Kier molecular flexibility index (Phi) is 5.67. The minimum atomic E-state index is -0.565. The molecule has 2 aromatic heterocycles. The number of hydrogen-bond donors (Lipinski definition) is 1. The molecule has 1 aliphatic rings. The number of imidazole rings is 1. The Morgan fingerprint density at radius 3 is 2.75 bits per heavy atom. The van der Waals surface area contributed by atoms with Crippen LogP contribution in [0.1, 0.15) is 42.8 Å². The van der Waals surface area contributed by atoms with Crippen LogP contribution in [-0.2, 0) is 24.8 Å². The van der Waals surface area contributed by atoms with Crippen LogP contribution in [0.25, 0.3) is 0 Å². The number of pyridine rings is 1. The summed E-state index contributed by atoms with van der Waals surface area (Å²) in [5.41, 5.74) is 1.48. The maximum Gasteiger partial charge on any atom is 0.410 e. The van der Waals surface area contributed by atoms with E-state index >= 15 is 0 Å². The number of rotatable bonds is 2. The third kappa shape index (κ3) is 4.30. The Hall–Kier alpha value is -2.13. The quantitative estimate of drug-likeness (QED) is 0.675. The summed E-state index contributed by atoms with van der Waals surface area (Å²) >= 11 is 9.39. The summed E-state index contributed by atoms with van der Waals surface area (Å²) in [7, 11) is 1.79. The van der Waals surface area contributed by atoms with Gasteiger partial charge in [-0.1, -0.05) is 11.6 Å². The van der Waals surface area contributed by atoms with Crippen molar-refractivity contribution < 1.29 is 14.3 Å². The van der Waals surface area contributed by atoms with E-state index in [2.05, 4.69) is 31.2 Å².